The van der Waals surface area contributed by atoms with Crippen LogP contribution in [0.15, 0.2) is 24.3 Å². The number of carbonyl (C=O) groups is 1. The SMILES string of the molecule is CCN(CCCN)C(=O)Nc1ccc(F)cc1. The number of nitrogens with one attached hydrogen (secondary N) is 1. The molecule has 1 aromatic carbocycles. The average molecular weight is 239 g/mol. The Morgan fingerprint density at radius 3 is 2.59 bits per heavy atom. The smallest absolute Gasteiger partial charge is 0.321 e. The van der Waals surface area contributed by atoms with E-state index in [9.17, 15) is 9.18 Å². The van der Waals surface area contributed by atoms with Gasteiger partial charge in [0.2, 0.25) is 0 Å². The Balaban J connectivity index is 2.54. The molecule has 1 rings (SSSR count). The molecule has 0 spiro atoms. The van der Waals surface area contributed by atoms with E-state index < -0.39 is 0 Å². The zero-order chi connectivity index (χ0) is 12.7. The summed E-state index contributed by atoms with van der Waals surface area (Å²) in [5.41, 5.74) is 5.99. The van der Waals surface area contributed by atoms with Crippen LogP contribution in [0, 0.1) is 5.82 Å². The van der Waals surface area contributed by atoms with Crippen molar-refractivity contribution >= 4 is 11.7 Å². The predicted octanol–water partition coefficient (Wildman–Crippen LogP) is 2.03. The Morgan fingerprint density at radius 1 is 1.41 bits per heavy atom. The Kier molecular flexibility index (Phi) is 5.42. The van der Waals surface area contributed by atoms with Crippen molar-refractivity contribution in [1.82, 2.24) is 4.90 Å². The molecule has 0 unspecified atom stereocenters. The Hall–Kier alpha value is -1.62. The van der Waals surface area contributed by atoms with E-state index in [1.165, 1.54) is 24.3 Å². The Morgan fingerprint density at radius 2 is 2.06 bits per heavy atom. The summed E-state index contributed by atoms with van der Waals surface area (Å²) in [5, 5.41) is 2.71. The summed E-state index contributed by atoms with van der Waals surface area (Å²) >= 11 is 0. The fraction of sp³-hybridized carbons (Fsp3) is 0.417. The maximum Gasteiger partial charge on any atom is 0.321 e. The van der Waals surface area contributed by atoms with Gasteiger partial charge in [-0.15, -0.1) is 0 Å². The highest BCUT2D eigenvalue weighted by molar-refractivity contribution is 5.89. The number of hydrogen-bond acceptors (Lipinski definition) is 2. The molecule has 0 aliphatic rings. The molecule has 0 aliphatic carbocycles. The first-order chi connectivity index (χ1) is 8.17. The molecule has 1 aromatic rings. The first kappa shape index (κ1) is 13.4. The minimum absolute atomic E-state index is 0.187. The summed E-state index contributed by atoms with van der Waals surface area (Å²) in [6.45, 7) is 3.70. The standard InChI is InChI=1S/C12H18FN3O/c1-2-16(9-3-8-14)12(17)15-11-6-4-10(13)5-7-11/h4-7H,2-3,8-9,14H2,1H3,(H,15,17). The van der Waals surface area contributed by atoms with Crippen LogP contribution in [-0.4, -0.2) is 30.6 Å². The van der Waals surface area contributed by atoms with Gasteiger partial charge in [-0.1, -0.05) is 0 Å². The van der Waals surface area contributed by atoms with Crippen LogP contribution in [-0.2, 0) is 0 Å². The molecular formula is C12H18FN3O. The van der Waals surface area contributed by atoms with Gasteiger partial charge < -0.3 is 16.0 Å². The molecule has 0 saturated carbocycles. The number of nitrogens with two attached hydrogens (primary N) is 1. The molecule has 0 bridgehead atoms. The van der Waals surface area contributed by atoms with Gasteiger partial charge in [0.15, 0.2) is 0 Å². The molecule has 0 atom stereocenters. The molecule has 0 fully saturated rings. The topological polar surface area (TPSA) is 58.4 Å². The number of nitrogens with zero attached hydrogens (tertiary/aromatic N) is 1. The van der Waals surface area contributed by atoms with Gasteiger partial charge in [-0.3, -0.25) is 0 Å². The van der Waals surface area contributed by atoms with Crippen LogP contribution in [0.5, 0.6) is 0 Å². The van der Waals surface area contributed by atoms with Crippen LogP contribution in [0.4, 0.5) is 14.9 Å². The van der Waals surface area contributed by atoms with Gasteiger partial charge in [-0.2, -0.15) is 0 Å². The molecule has 0 aliphatic heterocycles. The summed E-state index contributed by atoms with van der Waals surface area (Å²) in [5.74, 6) is -0.321. The van der Waals surface area contributed by atoms with Crippen molar-refractivity contribution in [3.8, 4) is 0 Å². The summed E-state index contributed by atoms with van der Waals surface area (Å²) in [6, 6.07) is 5.50. The number of carbonyl (C=O) groups excluding carboxylic acids is 1. The van der Waals surface area contributed by atoms with Gasteiger partial charge in [0.25, 0.3) is 0 Å². The van der Waals surface area contributed by atoms with E-state index >= 15 is 0 Å². The molecule has 0 heterocycles. The molecular weight excluding hydrogens is 221 g/mol. The predicted molar refractivity (Wildman–Crippen MR) is 66.3 cm³/mol. The molecule has 0 saturated heterocycles. The molecule has 94 valence electrons. The van der Waals surface area contributed by atoms with Crippen molar-refractivity contribution in [2.45, 2.75) is 13.3 Å². The summed E-state index contributed by atoms with van der Waals surface area (Å²) < 4.78 is 12.7. The molecule has 5 heteroatoms. The molecule has 2 amide bonds. The maximum atomic E-state index is 12.7. The molecule has 3 N–H and O–H groups in total. The second-order valence-corrected chi connectivity index (χ2v) is 3.66. The molecule has 4 nitrogen and oxygen atoms in total. The van der Waals surface area contributed by atoms with E-state index in [1.807, 2.05) is 6.92 Å². The number of halogens is 1. The second kappa shape index (κ2) is 6.85. The lowest BCUT2D eigenvalue weighted by Gasteiger charge is -2.21. The van der Waals surface area contributed by atoms with Crippen LogP contribution in [0.2, 0.25) is 0 Å². The second-order valence-electron chi connectivity index (χ2n) is 3.66. The van der Waals surface area contributed by atoms with E-state index in [1.54, 1.807) is 4.90 Å². The van der Waals surface area contributed by atoms with Gasteiger partial charge in [0, 0.05) is 18.8 Å². The van der Waals surface area contributed by atoms with Gasteiger partial charge >= 0.3 is 6.03 Å². The van der Waals surface area contributed by atoms with Crippen LogP contribution < -0.4 is 11.1 Å². The van der Waals surface area contributed by atoms with Gasteiger partial charge in [0.05, 0.1) is 0 Å². The third kappa shape index (κ3) is 4.40. The minimum atomic E-state index is -0.321. The maximum absolute atomic E-state index is 12.7. The van der Waals surface area contributed by atoms with Crippen molar-refractivity contribution in [3.05, 3.63) is 30.1 Å². The summed E-state index contributed by atoms with van der Waals surface area (Å²) in [4.78, 5) is 13.5. The number of urea groups is 1. The van der Waals surface area contributed by atoms with Crippen molar-refractivity contribution in [2.24, 2.45) is 5.73 Å². The van der Waals surface area contributed by atoms with E-state index in [4.69, 9.17) is 5.73 Å². The van der Waals surface area contributed by atoms with E-state index in [0.717, 1.165) is 6.42 Å². The number of amides is 2. The number of anilines is 1. The van der Waals surface area contributed by atoms with Crippen LogP contribution >= 0.6 is 0 Å². The van der Waals surface area contributed by atoms with Crippen molar-refractivity contribution in [2.75, 3.05) is 25.0 Å². The van der Waals surface area contributed by atoms with E-state index in [-0.39, 0.29) is 11.8 Å². The zero-order valence-corrected chi connectivity index (χ0v) is 9.95. The van der Waals surface area contributed by atoms with Gasteiger partial charge in [-0.25, -0.2) is 9.18 Å². The lowest BCUT2D eigenvalue weighted by atomic mass is 10.3. The van der Waals surface area contributed by atoms with Gasteiger partial charge in [-0.05, 0) is 44.2 Å². The largest absolute Gasteiger partial charge is 0.330 e. The average Bonchev–Trinajstić information content (AvgIpc) is 2.33. The van der Waals surface area contributed by atoms with Crippen LogP contribution in [0.3, 0.4) is 0 Å². The summed E-state index contributed by atoms with van der Waals surface area (Å²) in [6.07, 6.45) is 0.769. The highest BCUT2D eigenvalue weighted by atomic mass is 19.1. The third-order valence-electron chi connectivity index (χ3n) is 2.40. The summed E-state index contributed by atoms with van der Waals surface area (Å²) in [7, 11) is 0. The van der Waals surface area contributed by atoms with Crippen molar-refractivity contribution in [1.29, 1.82) is 0 Å². The quantitative estimate of drug-likeness (QED) is 0.826. The minimum Gasteiger partial charge on any atom is -0.330 e. The lowest BCUT2D eigenvalue weighted by Crippen LogP contribution is -2.36. The van der Waals surface area contributed by atoms with E-state index in [0.29, 0.717) is 25.3 Å². The Bertz CT molecular complexity index is 353. The fourth-order valence-electron chi connectivity index (χ4n) is 1.42. The normalized spacial score (nSPS) is 10.1. The number of benzene rings is 1. The van der Waals surface area contributed by atoms with Gasteiger partial charge in [0.1, 0.15) is 5.82 Å². The van der Waals surface area contributed by atoms with Crippen molar-refractivity contribution < 1.29 is 9.18 Å². The molecule has 0 radical (unpaired) electrons. The fourth-order valence-corrected chi connectivity index (χ4v) is 1.42. The highest BCUT2D eigenvalue weighted by Gasteiger charge is 2.10. The Labute approximate surface area is 101 Å². The van der Waals surface area contributed by atoms with Crippen molar-refractivity contribution in [3.63, 3.8) is 0 Å². The number of rotatable bonds is 5. The highest BCUT2D eigenvalue weighted by Crippen LogP contribution is 2.09. The lowest BCUT2D eigenvalue weighted by molar-refractivity contribution is 0.214. The molecule has 0 aromatic heterocycles. The van der Waals surface area contributed by atoms with Crippen LogP contribution in [0.1, 0.15) is 13.3 Å². The first-order valence-electron chi connectivity index (χ1n) is 5.69. The third-order valence-corrected chi connectivity index (χ3v) is 2.40. The zero-order valence-electron chi connectivity index (χ0n) is 9.95. The first-order valence-corrected chi connectivity index (χ1v) is 5.69. The molecule has 17 heavy (non-hydrogen) atoms. The monoisotopic (exact) mass is 239 g/mol. The number of hydrogen-bond donors (Lipinski definition) is 2. The van der Waals surface area contributed by atoms with Crippen LogP contribution in [0.25, 0.3) is 0 Å². The van der Waals surface area contributed by atoms with E-state index in [2.05, 4.69) is 5.32 Å².